The zero-order valence-electron chi connectivity index (χ0n) is 29.5. The van der Waals surface area contributed by atoms with Crippen molar-refractivity contribution in [2.24, 2.45) is 0 Å². The van der Waals surface area contributed by atoms with Crippen molar-refractivity contribution in [2.45, 2.75) is 58.0 Å². The number of ether oxygens (including phenoxy) is 5. The SMILES string of the molecule is C=CC(=O)Nc1cn(C[C@@H]2COC(C)(C)O2)nc1Nc1cc(N(C)C(=O)N(COCC[Si](C)(C)C)c2c(Cl)c(OC)cc(OC)c2Cl)ncn1. The second-order valence-corrected chi connectivity index (χ2v) is 19.4. The maximum Gasteiger partial charge on any atom is 0.331 e. The number of hydrogen-bond acceptors (Lipinski definition) is 11. The van der Waals surface area contributed by atoms with Crippen LogP contribution in [0.25, 0.3) is 0 Å². The van der Waals surface area contributed by atoms with Gasteiger partial charge in [0.05, 0.1) is 39.3 Å². The largest absolute Gasteiger partial charge is 0.495 e. The number of urea groups is 1. The third-order valence-electron chi connectivity index (χ3n) is 7.46. The summed E-state index contributed by atoms with van der Waals surface area (Å²) in [5, 5.41) is 10.7. The Kier molecular flexibility index (Phi) is 12.7. The van der Waals surface area contributed by atoms with Gasteiger partial charge in [0.25, 0.3) is 0 Å². The summed E-state index contributed by atoms with van der Waals surface area (Å²) in [6.07, 6.45) is 3.85. The monoisotopic (exact) mass is 750 g/mol. The summed E-state index contributed by atoms with van der Waals surface area (Å²) in [6.45, 7) is 14.9. The van der Waals surface area contributed by atoms with E-state index in [1.54, 1.807) is 24.0 Å². The lowest BCUT2D eigenvalue weighted by atomic mass is 10.2. The normalized spacial score (nSPS) is 15.4. The molecule has 0 spiro atoms. The van der Waals surface area contributed by atoms with Gasteiger partial charge in [0, 0.05) is 33.9 Å². The Morgan fingerprint density at radius 2 is 1.84 bits per heavy atom. The zero-order chi connectivity index (χ0) is 36.8. The van der Waals surface area contributed by atoms with Crippen LogP contribution in [0, 0.1) is 0 Å². The molecular formula is C32H44Cl2N8O7Si. The number of aromatic nitrogens is 4. The molecule has 0 saturated carbocycles. The highest BCUT2D eigenvalue weighted by Gasteiger charge is 2.33. The molecule has 3 aromatic rings. The van der Waals surface area contributed by atoms with Gasteiger partial charge in [0.2, 0.25) is 5.91 Å². The molecular weight excluding hydrogens is 707 g/mol. The van der Waals surface area contributed by atoms with Crippen LogP contribution >= 0.6 is 23.2 Å². The van der Waals surface area contributed by atoms with E-state index in [-0.39, 0.29) is 57.5 Å². The summed E-state index contributed by atoms with van der Waals surface area (Å²) in [5.74, 6) is 0.175. The summed E-state index contributed by atoms with van der Waals surface area (Å²) >= 11 is 13.5. The van der Waals surface area contributed by atoms with E-state index in [1.165, 1.54) is 36.4 Å². The fourth-order valence-electron chi connectivity index (χ4n) is 4.80. The van der Waals surface area contributed by atoms with E-state index < -0.39 is 25.8 Å². The van der Waals surface area contributed by atoms with Crippen LogP contribution in [0.15, 0.2) is 37.3 Å². The van der Waals surface area contributed by atoms with Gasteiger partial charge in [-0.1, -0.05) is 49.4 Å². The van der Waals surface area contributed by atoms with Crippen LogP contribution in [0.1, 0.15) is 13.8 Å². The number of carbonyl (C=O) groups excluding carboxylic acids is 2. The number of carbonyl (C=O) groups is 2. The average Bonchev–Trinajstić information content (AvgIpc) is 3.60. The van der Waals surface area contributed by atoms with Gasteiger partial charge >= 0.3 is 6.03 Å². The maximum absolute atomic E-state index is 14.2. The minimum atomic E-state index is -1.43. The van der Waals surface area contributed by atoms with Gasteiger partial charge < -0.3 is 34.3 Å². The Morgan fingerprint density at radius 3 is 2.42 bits per heavy atom. The van der Waals surface area contributed by atoms with Gasteiger partial charge in [-0.15, -0.1) is 0 Å². The molecule has 0 unspecified atom stereocenters. The van der Waals surface area contributed by atoms with E-state index in [9.17, 15) is 9.59 Å². The number of benzene rings is 1. The highest BCUT2D eigenvalue weighted by atomic mass is 35.5. The van der Waals surface area contributed by atoms with E-state index >= 15 is 0 Å². The Hall–Kier alpha value is -3.93. The quantitative estimate of drug-likeness (QED) is 0.0769. The van der Waals surface area contributed by atoms with Gasteiger partial charge in [-0.05, 0) is 26.0 Å². The Morgan fingerprint density at radius 1 is 1.16 bits per heavy atom. The van der Waals surface area contributed by atoms with Crippen LogP contribution in [0.2, 0.25) is 35.7 Å². The smallest absolute Gasteiger partial charge is 0.331 e. The molecule has 18 heteroatoms. The van der Waals surface area contributed by atoms with Gasteiger partial charge in [0.15, 0.2) is 11.6 Å². The van der Waals surface area contributed by atoms with Crippen molar-refractivity contribution in [3.05, 3.63) is 47.4 Å². The molecule has 15 nitrogen and oxygen atoms in total. The summed E-state index contributed by atoms with van der Waals surface area (Å²) in [4.78, 5) is 37.7. The van der Waals surface area contributed by atoms with Crippen LogP contribution in [0.3, 0.4) is 0 Å². The zero-order valence-corrected chi connectivity index (χ0v) is 32.0. The lowest BCUT2D eigenvalue weighted by Gasteiger charge is -2.30. The topological polar surface area (TPSA) is 154 Å². The summed E-state index contributed by atoms with van der Waals surface area (Å²) in [6, 6.07) is 3.40. The van der Waals surface area contributed by atoms with E-state index in [4.69, 9.17) is 46.9 Å². The molecule has 3 amide bonds. The molecule has 1 aliphatic heterocycles. The Balaban J connectivity index is 1.63. The average molecular weight is 752 g/mol. The number of anilines is 5. The van der Waals surface area contributed by atoms with Crippen molar-refractivity contribution in [2.75, 3.05) is 61.6 Å². The van der Waals surface area contributed by atoms with Crippen LogP contribution in [-0.2, 0) is 25.5 Å². The third kappa shape index (κ3) is 9.86. The predicted octanol–water partition coefficient (Wildman–Crippen LogP) is 6.39. The number of hydrogen-bond donors (Lipinski definition) is 2. The highest BCUT2D eigenvalue weighted by Crippen LogP contribution is 2.46. The molecule has 1 fully saturated rings. The Labute approximate surface area is 302 Å². The van der Waals surface area contributed by atoms with Crippen LogP contribution in [0.5, 0.6) is 11.5 Å². The molecule has 1 aromatic carbocycles. The lowest BCUT2D eigenvalue weighted by Crippen LogP contribution is -2.43. The van der Waals surface area contributed by atoms with E-state index in [1.807, 2.05) is 13.8 Å². The van der Waals surface area contributed by atoms with Crippen LogP contribution in [0.4, 0.5) is 33.6 Å². The number of halogens is 2. The third-order valence-corrected chi connectivity index (χ3v) is 9.90. The molecule has 4 rings (SSSR count). The molecule has 1 saturated heterocycles. The Bertz CT molecular complexity index is 1670. The van der Waals surface area contributed by atoms with Gasteiger partial charge in [-0.3, -0.25) is 19.3 Å². The standard InChI is InChI=1S/C32H44Cl2N8O7Si/c1-10-26(43)37-21-16-41(15-20-17-48-32(2,3)49-20)39-30(21)38-24-14-25(36-18-35-24)40(4)31(44)42(19-47-11-12-50(7,8)9)29-27(33)22(45-5)13-23(46-6)28(29)34/h10,13-14,16,18,20H,1,11-12,15,17,19H2,2-9H3,(H,37,43)(H,35,36,38,39)/t20-/m1/s1. The summed E-state index contributed by atoms with van der Waals surface area (Å²) < 4.78 is 30.1. The van der Waals surface area contributed by atoms with Crippen molar-refractivity contribution < 1.29 is 33.3 Å². The molecule has 2 aromatic heterocycles. The maximum atomic E-state index is 14.2. The van der Waals surface area contributed by atoms with Gasteiger partial charge in [-0.2, -0.15) is 5.10 Å². The number of rotatable bonds is 15. The number of nitrogens with zero attached hydrogens (tertiary/aromatic N) is 6. The van der Waals surface area contributed by atoms with Crippen molar-refractivity contribution >= 4 is 72.0 Å². The first-order valence-electron chi connectivity index (χ1n) is 15.7. The minimum absolute atomic E-state index is 0.0988. The first-order chi connectivity index (χ1) is 23.6. The molecule has 1 aliphatic rings. The minimum Gasteiger partial charge on any atom is -0.495 e. The molecule has 0 bridgehead atoms. The van der Waals surface area contributed by atoms with E-state index in [2.05, 4.69) is 51.9 Å². The predicted molar refractivity (Wildman–Crippen MR) is 196 cm³/mol. The second-order valence-electron chi connectivity index (χ2n) is 13.0. The van der Waals surface area contributed by atoms with Crippen molar-refractivity contribution in [3.8, 4) is 11.5 Å². The molecule has 272 valence electrons. The fourth-order valence-corrected chi connectivity index (χ4v) is 6.26. The number of methoxy groups -OCH3 is 2. The van der Waals surface area contributed by atoms with E-state index in [0.29, 0.717) is 25.4 Å². The van der Waals surface area contributed by atoms with Gasteiger partial charge in [-0.25, -0.2) is 14.8 Å². The van der Waals surface area contributed by atoms with Crippen molar-refractivity contribution in [3.63, 3.8) is 0 Å². The molecule has 0 radical (unpaired) electrons. The first-order valence-corrected chi connectivity index (χ1v) is 20.2. The second kappa shape index (κ2) is 16.4. The van der Waals surface area contributed by atoms with Crippen LogP contribution < -0.4 is 29.9 Å². The molecule has 50 heavy (non-hydrogen) atoms. The lowest BCUT2D eigenvalue weighted by molar-refractivity contribution is -0.139. The number of nitrogens with one attached hydrogen (secondary N) is 2. The van der Waals surface area contributed by atoms with Crippen molar-refractivity contribution in [1.82, 2.24) is 19.7 Å². The summed E-state index contributed by atoms with van der Waals surface area (Å²) in [5.41, 5.74) is 0.519. The molecule has 3 heterocycles. The number of amides is 3. The first kappa shape index (κ1) is 38.9. The molecule has 2 N–H and O–H groups in total. The summed E-state index contributed by atoms with van der Waals surface area (Å²) in [7, 11) is 3.01. The van der Waals surface area contributed by atoms with Gasteiger partial charge in [0.1, 0.15) is 58.0 Å². The molecule has 0 aliphatic carbocycles. The van der Waals surface area contributed by atoms with E-state index in [0.717, 1.165) is 12.1 Å². The van der Waals surface area contributed by atoms with Crippen LogP contribution in [-0.4, -0.2) is 92.9 Å². The highest BCUT2D eigenvalue weighted by molar-refractivity contribution is 6.76. The molecule has 1 atom stereocenters. The van der Waals surface area contributed by atoms with Crippen molar-refractivity contribution in [1.29, 1.82) is 0 Å². The fraction of sp³-hybridized carbons (Fsp3) is 0.469.